The van der Waals surface area contributed by atoms with Crippen molar-refractivity contribution >= 4 is 8.07 Å². The molecular weight excluding hydrogens is 212 g/mol. The molecule has 2 heteroatoms. The third-order valence-electron chi connectivity index (χ3n) is 2.11. The van der Waals surface area contributed by atoms with E-state index in [2.05, 4.69) is 50.2 Å². The predicted molar refractivity (Wildman–Crippen MR) is 75.0 cm³/mol. The minimum absolute atomic E-state index is 0.478. The normalized spacial score (nSPS) is 13.6. The van der Waals surface area contributed by atoms with E-state index in [9.17, 15) is 5.11 Å². The van der Waals surface area contributed by atoms with Crippen molar-refractivity contribution in [2.45, 2.75) is 64.8 Å². The number of aliphatic hydroxyl groups excluding tert-OH is 1. The quantitative estimate of drug-likeness (QED) is 0.323. The third-order valence-corrected chi connectivity index (χ3v) is 3.01. The summed E-state index contributed by atoms with van der Waals surface area (Å²) >= 11 is 0. The van der Waals surface area contributed by atoms with Crippen LogP contribution >= 0.6 is 0 Å². The minimum Gasteiger partial charge on any atom is -0.380 e. The Morgan fingerprint density at radius 1 is 1.19 bits per heavy atom. The molecule has 16 heavy (non-hydrogen) atoms. The highest BCUT2D eigenvalue weighted by Gasteiger charge is 2.08. The van der Waals surface area contributed by atoms with Crippen LogP contribution in [-0.2, 0) is 0 Å². The van der Waals surface area contributed by atoms with Gasteiger partial charge in [-0.1, -0.05) is 57.5 Å². The Balaban J connectivity index is 3.71. The fourth-order valence-corrected chi connectivity index (χ4v) is 1.81. The second-order valence-electron chi connectivity index (χ2n) is 5.24. The molecule has 0 bridgehead atoms. The van der Waals surface area contributed by atoms with Gasteiger partial charge in [0.2, 0.25) is 0 Å². The number of rotatable bonds is 6. The first-order valence-electron chi connectivity index (χ1n) is 6.31. The van der Waals surface area contributed by atoms with Gasteiger partial charge in [0.25, 0.3) is 0 Å². The summed E-state index contributed by atoms with van der Waals surface area (Å²) in [6.07, 6.45) is 9.35. The SMILES string of the molecule is CCCCC/C=C\CC(O)C#C[Si](C)(C)C. The van der Waals surface area contributed by atoms with Gasteiger partial charge in [-0.25, -0.2) is 0 Å². The lowest BCUT2D eigenvalue weighted by Gasteiger charge is -2.05. The Morgan fingerprint density at radius 2 is 1.88 bits per heavy atom. The van der Waals surface area contributed by atoms with Crippen LogP contribution in [0.2, 0.25) is 19.6 Å². The van der Waals surface area contributed by atoms with Crippen LogP contribution < -0.4 is 0 Å². The van der Waals surface area contributed by atoms with Gasteiger partial charge in [-0.3, -0.25) is 0 Å². The van der Waals surface area contributed by atoms with Gasteiger partial charge >= 0.3 is 0 Å². The van der Waals surface area contributed by atoms with Crippen LogP contribution in [0.3, 0.4) is 0 Å². The summed E-state index contributed by atoms with van der Waals surface area (Å²) in [6.45, 7) is 8.77. The number of allylic oxidation sites excluding steroid dienone is 1. The first kappa shape index (κ1) is 15.5. The second kappa shape index (κ2) is 8.61. The van der Waals surface area contributed by atoms with Crippen LogP contribution in [0.15, 0.2) is 12.2 Å². The van der Waals surface area contributed by atoms with E-state index in [4.69, 9.17) is 0 Å². The van der Waals surface area contributed by atoms with Crippen molar-refractivity contribution in [2.24, 2.45) is 0 Å². The molecule has 0 spiro atoms. The third kappa shape index (κ3) is 11.6. The highest BCUT2D eigenvalue weighted by Crippen LogP contribution is 2.02. The average Bonchev–Trinajstić information content (AvgIpc) is 2.19. The zero-order chi connectivity index (χ0) is 12.4. The van der Waals surface area contributed by atoms with Crippen molar-refractivity contribution in [3.63, 3.8) is 0 Å². The molecule has 0 amide bonds. The lowest BCUT2D eigenvalue weighted by atomic mass is 10.2. The van der Waals surface area contributed by atoms with E-state index in [0.717, 1.165) is 6.42 Å². The summed E-state index contributed by atoms with van der Waals surface area (Å²) in [7, 11) is -1.33. The first-order valence-corrected chi connectivity index (χ1v) is 9.81. The molecule has 0 aromatic heterocycles. The first-order chi connectivity index (χ1) is 7.45. The molecule has 1 unspecified atom stereocenters. The van der Waals surface area contributed by atoms with Gasteiger partial charge in [-0.05, 0) is 12.8 Å². The molecule has 0 rings (SSSR count). The summed E-state index contributed by atoms with van der Waals surface area (Å²) in [5.41, 5.74) is 3.19. The van der Waals surface area contributed by atoms with Crippen molar-refractivity contribution in [1.29, 1.82) is 0 Å². The Kier molecular flexibility index (Phi) is 8.33. The van der Waals surface area contributed by atoms with Gasteiger partial charge in [-0.15, -0.1) is 5.54 Å². The molecule has 0 aliphatic heterocycles. The van der Waals surface area contributed by atoms with E-state index in [-0.39, 0.29) is 0 Å². The Bertz CT molecular complexity index is 252. The van der Waals surface area contributed by atoms with Crippen LogP contribution in [0.25, 0.3) is 0 Å². The Labute approximate surface area is 102 Å². The largest absolute Gasteiger partial charge is 0.380 e. The Morgan fingerprint density at radius 3 is 2.44 bits per heavy atom. The van der Waals surface area contributed by atoms with Crippen LogP contribution in [0.4, 0.5) is 0 Å². The molecule has 1 N–H and O–H groups in total. The number of aliphatic hydroxyl groups is 1. The molecule has 1 atom stereocenters. The molecule has 0 saturated carbocycles. The van der Waals surface area contributed by atoms with Crippen LogP contribution in [0.1, 0.15) is 39.0 Å². The molecule has 0 radical (unpaired) electrons. The zero-order valence-electron chi connectivity index (χ0n) is 11.2. The van der Waals surface area contributed by atoms with E-state index in [1.165, 1.54) is 19.3 Å². The topological polar surface area (TPSA) is 20.2 Å². The maximum absolute atomic E-state index is 9.61. The van der Waals surface area contributed by atoms with Crippen LogP contribution in [0, 0.1) is 11.5 Å². The Hall–Kier alpha value is -0.523. The molecular formula is C14H26OSi. The molecule has 0 aliphatic rings. The van der Waals surface area contributed by atoms with Gasteiger partial charge in [0, 0.05) is 6.42 Å². The van der Waals surface area contributed by atoms with Gasteiger partial charge in [0.15, 0.2) is 0 Å². The maximum atomic E-state index is 9.61. The molecule has 0 fully saturated rings. The summed E-state index contributed by atoms with van der Waals surface area (Å²) in [4.78, 5) is 0. The van der Waals surface area contributed by atoms with E-state index in [1.807, 2.05) is 0 Å². The molecule has 92 valence electrons. The smallest absolute Gasteiger partial charge is 0.129 e. The van der Waals surface area contributed by atoms with E-state index >= 15 is 0 Å². The van der Waals surface area contributed by atoms with Gasteiger partial charge in [0.1, 0.15) is 14.2 Å². The number of hydrogen-bond donors (Lipinski definition) is 1. The average molecular weight is 238 g/mol. The van der Waals surface area contributed by atoms with Crippen molar-refractivity contribution < 1.29 is 5.11 Å². The van der Waals surface area contributed by atoms with Gasteiger partial charge in [0.05, 0.1) is 0 Å². The fraction of sp³-hybridized carbons (Fsp3) is 0.714. The number of unbranched alkanes of at least 4 members (excludes halogenated alkanes) is 3. The standard InChI is InChI=1S/C14H26OSi/c1-5-6-7-8-9-10-11-14(15)12-13-16(2,3)4/h9-10,14-15H,5-8,11H2,1-4H3/b10-9-. The highest BCUT2D eigenvalue weighted by atomic mass is 28.3. The highest BCUT2D eigenvalue weighted by molar-refractivity contribution is 6.83. The molecule has 0 aliphatic carbocycles. The van der Waals surface area contributed by atoms with Gasteiger partial charge in [-0.2, -0.15) is 0 Å². The molecule has 0 aromatic carbocycles. The van der Waals surface area contributed by atoms with Crippen molar-refractivity contribution in [2.75, 3.05) is 0 Å². The predicted octanol–water partition coefficient (Wildman–Crippen LogP) is 3.75. The zero-order valence-corrected chi connectivity index (χ0v) is 12.2. The summed E-state index contributed by atoms with van der Waals surface area (Å²) < 4.78 is 0. The fourth-order valence-electron chi connectivity index (χ4n) is 1.21. The number of hydrogen-bond acceptors (Lipinski definition) is 1. The summed E-state index contributed by atoms with van der Waals surface area (Å²) in [5.74, 6) is 2.94. The van der Waals surface area contributed by atoms with Gasteiger partial charge < -0.3 is 5.11 Å². The van der Waals surface area contributed by atoms with E-state index < -0.39 is 14.2 Å². The lowest BCUT2D eigenvalue weighted by Crippen LogP contribution is -2.17. The molecule has 0 saturated heterocycles. The van der Waals surface area contributed by atoms with Crippen LogP contribution in [-0.4, -0.2) is 19.3 Å². The molecule has 0 aromatic rings. The van der Waals surface area contributed by atoms with E-state index in [1.54, 1.807) is 0 Å². The minimum atomic E-state index is -1.33. The van der Waals surface area contributed by atoms with Crippen molar-refractivity contribution in [3.05, 3.63) is 12.2 Å². The second-order valence-corrected chi connectivity index (χ2v) is 9.99. The van der Waals surface area contributed by atoms with E-state index in [0.29, 0.717) is 6.42 Å². The van der Waals surface area contributed by atoms with Crippen molar-refractivity contribution in [1.82, 2.24) is 0 Å². The summed E-state index contributed by atoms with van der Waals surface area (Å²) in [5, 5.41) is 9.61. The molecule has 1 nitrogen and oxygen atoms in total. The maximum Gasteiger partial charge on any atom is 0.129 e. The molecule has 0 heterocycles. The van der Waals surface area contributed by atoms with Crippen LogP contribution in [0.5, 0.6) is 0 Å². The van der Waals surface area contributed by atoms with Crippen molar-refractivity contribution in [3.8, 4) is 11.5 Å². The monoisotopic (exact) mass is 238 g/mol. The summed E-state index contributed by atoms with van der Waals surface area (Å²) in [6, 6.07) is 0. The lowest BCUT2D eigenvalue weighted by molar-refractivity contribution is 0.236.